The summed E-state index contributed by atoms with van der Waals surface area (Å²) in [5.41, 5.74) is 9.63. The summed E-state index contributed by atoms with van der Waals surface area (Å²) in [6, 6.07) is 6.18. The van der Waals surface area contributed by atoms with E-state index in [9.17, 15) is 0 Å². The summed E-state index contributed by atoms with van der Waals surface area (Å²) in [5, 5.41) is 0. The molecule has 2 rings (SSSR count). The minimum atomic E-state index is -0.0505. The Morgan fingerprint density at radius 2 is 2.00 bits per heavy atom. The molecule has 1 atom stereocenters. The van der Waals surface area contributed by atoms with Crippen molar-refractivity contribution in [3.05, 3.63) is 51.0 Å². The number of hydrogen-bond acceptors (Lipinski definition) is 3. The number of pyridine rings is 1. The van der Waals surface area contributed by atoms with E-state index in [1.54, 1.807) is 11.3 Å². The van der Waals surface area contributed by atoms with Gasteiger partial charge in [0, 0.05) is 21.6 Å². The molecule has 2 nitrogen and oxygen atoms in total. The molecule has 0 saturated heterocycles. The molecule has 0 bridgehead atoms. The van der Waals surface area contributed by atoms with E-state index in [-0.39, 0.29) is 6.04 Å². The Labute approximate surface area is 100 Å². The van der Waals surface area contributed by atoms with E-state index in [0.717, 1.165) is 11.3 Å². The Bertz CT molecular complexity index is 466. The van der Waals surface area contributed by atoms with Gasteiger partial charge in [0.05, 0.1) is 6.04 Å². The first-order valence-electron chi connectivity index (χ1n) is 5.33. The van der Waals surface area contributed by atoms with Gasteiger partial charge in [0.1, 0.15) is 0 Å². The number of hydrogen-bond donors (Lipinski definition) is 1. The highest BCUT2D eigenvalue weighted by Gasteiger charge is 2.12. The van der Waals surface area contributed by atoms with Gasteiger partial charge in [0.15, 0.2) is 0 Å². The summed E-state index contributed by atoms with van der Waals surface area (Å²) in [4.78, 5) is 6.83. The average Bonchev–Trinajstić information content (AvgIpc) is 2.59. The molecule has 3 heteroatoms. The van der Waals surface area contributed by atoms with Gasteiger partial charge in [-0.1, -0.05) is 6.07 Å². The van der Waals surface area contributed by atoms with Crippen molar-refractivity contribution < 1.29 is 0 Å². The van der Waals surface area contributed by atoms with Crippen molar-refractivity contribution in [1.29, 1.82) is 0 Å². The lowest BCUT2D eigenvalue weighted by atomic mass is 10.1. The van der Waals surface area contributed by atoms with E-state index >= 15 is 0 Å². The Balaban J connectivity index is 2.31. The van der Waals surface area contributed by atoms with Gasteiger partial charge in [-0.05, 0) is 44.0 Å². The Hall–Kier alpha value is -1.19. The smallest absolute Gasteiger partial charge is 0.0661 e. The van der Waals surface area contributed by atoms with Gasteiger partial charge in [0.2, 0.25) is 0 Å². The van der Waals surface area contributed by atoms with E-state index < -0.39 is 0 Å². The molecule has 84 valence electrons. The van der Waals surface area contributed by atoms with Crippen LogP contribution < -0.4 is 5.73 Å². The summed E-state index contributed by atoms with van der Waals surface area (Å²) in [7, 11) is 0. The van der Waals surface area contributed by atoms with E-state index in [1.165, 1.54) is 15.3 Å². The van der Waals surface area contributed by atoms with Crippen LogP contribution >= 0.6 is 11.3 Å². The molecule has 2 heterocycles. The maximum absolute atomic E-state index is 6.22. The van der Waals surface area contributed by atoms with Crippen LogP contribution in [0, 0.1) is 20.8 Å². The van der Waals surface area contributed by atoms with Crippen LogP contribution in [0.5, 0.6) is 0 Å². The molecule has 0 aliphatic rings. The normalized spacial score (nSPS) is 12.8. The second-order valence-corrected chi connectivity index (χ2v) is 5.39. The molecule has 2 aromatic rings. The van der Waals surface area contributed by atoms with Crippen LogP contribution in [-0.2, 0) is 0 Å². The SMILES string of the molecule is Cc1ccc(C(N)c2cc(C)c(C)s2)cn1. The molecule has 0 aliphatic carbocycles. The van der Waals surface area contributed by atoms with Crippen molar-refractivity contribution >= 4 is 11.3 Å². The van der Waals surface area contributed by atoms with Crippen molar-refractivity contribution in [2.75, 3.05) is 0 Å². The monoisotopic (exact) mass is 232 g/mol. The van der Waals surface area contributed by atoms with Crippen LogP contribution in [0.1, 0.15) is 32.6 Å². The van der Waals surface area contributed by atoms with Crippen molar-refractivity contribution in [1.82, 2.24) is 4.98 Å². The third kappa shape index (κ3) is 2.15. The third-order valence-corrected chi connectivity index (χ3v) is 4.02. The first-order chi connectivity index (χ1) is 7.58. The highest BCUT2D eigenvalue weighted by atomic mass is 32.1. The molecule has 0 aliphatic heterocycles. The van der Waals surface area contributed by atoms with Crippen molar-refractivity contribution in [2.24, 2.45) is 5.73 Å². The number of rotatable bonds is 2. The number of nitrogens with two attached hydrogens (primary N) is 1. The molecule has 0 fully saturated rings. The van der Waals surface area contributed by atoms with Crippen LogP contribution in [0.15, 0.2) is 24.4 Å². The number of thiophene rings is 1. The topological polar surface area (TPSA) is 38.9 Å². The second-order valence-electron chi connectivity index (χ2n) is 4.10. The molecule has 0 spiro atoms. The van der Waals surface area contributed by atoms with E-state index in [0.29, 0.717) is 0 Å². The standard InChI is InChI=1S/C13H16N2S/c1-8-6-12(16-10(8)3)13(14)11-5-4-9(2)15-7-11/h4-7,13H,14H2,1-3H3. The third-order valence-electron chi connectivity index (χ3n) is 2.78. The van der Waals surface area contributed by atoms with Gasteiger partial charge in [-0.3, -0.25) is 4.98 Å². The lowest BCUT2D eigenvalue weighted by Gasteiger charge is -2.09. The van der Waals surface area contributed by atoms with Gasteiger partial charge in [-0.2, -0.15) is 0 Å². The van der Waals surface area contributed by atoms with Crippen LogP contribution in [0.4, 0.5) is 0 Å². The van der Waals surface area contributed by atoms with Crippen molar-refractivity contribution in [3.8, 4) is 0 Å². The number of nitrogens with zero attached hydrogens (tertiary/aromatic N) is 1. The lowest BCUT2D eigenvalue weighted by Crippen LogP contribution is -2.10. The molecule has 0 radical (unpaired) electrons. The average molecular weight is 232 g/mol. The fraction of sp³-hybridized carbons (Fsp3) is 0.308. The predicted octanol–water partition coefficient (Wildman–Crippen LogP) is 3.12. The molecule has 0 saturated carbocycles. The van der Waals surface area contributed by atoms with Crippen LogP contribution in [-0.4, -0.2) is 4.98 Å². The molecule has 0 amide bonds. The highest BCUT2D eigenvalue weighted by Crippen LogP contribution is 2.28. The molecule has 16 heavy (non-hydrogen) atoms. The largest absolute Gasteiger partial charge is 0.320 e. The summed E-state index contributed by atoms with van der Waals surface area (Å²) in [6.07, 6.45) is 1.87. The van der Waals surface area contributed by atoms with Gasteiger partial charge in [-0.25, -0.2) is 0 Å². The van der Waals surface area contributed by atoms with Gasteiger partial charge in [0.25, 0.3) is 0 Å². The summed E-state index contributed by atoms with van der Waals surface area (Å²) in [5.74, 6) is 0. The summed E-state index contributed by atoms with van der Waals surface area (Å²) in [6.45, 7) is 6.23. The first-order valence-corrected chi connectivity index (χ1v) is 6.14. The quantitative estimate of drug-likeness (QED) is 0.864. The Morgan fingerprint density at radius 3 is 2.50 bits per heavy atom. The number of aryl methyl sites for hydroxylation is 3. The van der Waals surface area contributed by atoms with Crippen molar-refractivity contribution in [2.45, 2.75) is 26.8 Å². The van der Waals surface area contributed by atoms with Gasteiger partial charge in [-0.15, -0.1) is 11.3 Å². The fourth-order valence-corrected chi connectivity index (χ4v) is 2.65. The maximum Gasteiger partial charge on any atom is 0.0661 e. The Morgan fingerprint density at radius 1 is 1.25 bits per heavy atom. The molecule has 2 N–H and O–H groups in total. The van der Waals surface area contributed by atoms with Crippen LogP contribution in [0.3, 0.4) is 0 Å². The Kier molecular flexibility index (Phi) is 3.08. The predicted molar refractivity (Wildman–Crippen MR) is 68.8 cm³/mol. The molecule has 0 aromatic carbocycles. The molecule has 2 aromatic heterocycles. The maximum atomic E-state index is 6.22. The molecular formula is C13H16N2S. The first kappa shape index (κ1) is 11.3. The minimum absolute atomic E-state index is 0.0505. The van der Waals surface area contributed by atoms with E-state index in [1.807, 2.05) is 19.2 Å². The van der Waals surface area contributed by atoms with E-state index in [2.05, 4.69) is 31.0 Å². The van der Waals surface area contributed by atoms with E-state index in [4.69, 9.17) is 5.73 Å². The molecular weight excluding hydrogens is 216 g/mol. The zero-order valence-corrected chi connectivity index (χ0v) is 10.6. The highest BCUT2D eigenvalue weighted by molar-refractivity contribution is 7.12. The lowest BCUT2D eigenvalue weighted by molar-refractivity contribution is 0.880. The number of aromatic nitrogens is 1. The van der Waals surface area contributed by atoms with Crippen LogP contribution in [0.2, 0.25) is 0 Å². The van der Waals surface area contributed by atoms with Gasteiger partial charge < -0.3 is 5.73 Å². The molecule has 1 unspecified atom stereocenters. The summed E-state index contributed by atoms with van der Waals surface area (Å²) < 4.78 is 0. The summed E-state index contributed by atoms with van der Waals surface area (Å²) >= 11 is 1.77. The second kappa shape index (κ2) is 4.36. The fourth-order valence-electron chi connectivity index (χ4n) is 1.58. The zero-order valence-electron chi connectivity index (χ0n) is 9.82. The zero-order chi connectivity index (χ0) is 11.7. The minimum Gasteiger partial charge on any atom is -0.320 e. The van der Waals surface area contributed by atoms with Crippen molar-refractivity contribution in [3.63, 3.8) is 0 Å². The van der Waals surface area contributed by atoms with Crippen LogP contribution in [0.25, 0.3) is 0 Å². The van der Waals surface area contributed by atoms with Gasteiger partial charge >= 0.3 is 0 Å².